The van der Waals surface area contributed by atoms with Gasteiger partial charge in [0.25, 0.3) is 11.8 Å². The predicted molar refractivity (Wildman–Crippen MR) is 98.5 cm³/mol. The Morgan fingerprint density at radius 3 is 2.46 bits per heavy atom. The van der Waals surface area contributed by atoms with Crippen molar-refractivity contribution >= 4 is 17.4 Å². The van der Waals surface area contributed by atoms with E-state index in [1.165, 1.54) is 4.90 Å². The predicted octanol–water partition coefficient (Wildman–Crippen LogP) is 2.07. The molecule has 2 aliphatic heterocycles. The minimum Gasteiger partial charge on any atom is -0.494 e. The van der Waals surface area contributed by atoms with E-state index in [-0.39, 0.29) is 18.4 Å². The van der Waals surface area contributed by atoms with Crippen molar-refractivity contribution in [3.8, 4) is 5.75 Å². The van der Waals surface area contributed by atoms with Gasteiger partial charge in [0, 0.05) is 19.6 Å². The third-order valence-electron chi connectivity index (χ3n) is 4.40. The first-order chi connectivity index (χ1) is 12.7. The average Bonchev–Trinajstić information content (AvgIpc) is 2.92. The van der Waals surface area contributed by atoms with Crippen molar-refractivity contribution in [3.63, 3.8) is 0 Å². The largest absolute Gasteiger partial charge is 0.494 e. The minimum atomic E-state index is -0.279. The summed E-state index contributed by atoms with van der Waals surface area (Å²) in [5.74, 6) is 0.209. The highest BCUT2D eigenvalue weighted by molar-refractivity contribution is 6.35. The van der Waals surface area contributed by atoms with E-state index in [2.05, 4.69) is 6.58 Å². The summed E-state index contributed by atoms with van der Waals surface area (Å²) in [4.78, 5) is 29.0. The van der Waals surface area contributed by atoms with Gasteiger partial charge in [-0.3, -0.25) is 14.5 Å². The van der Waals surface area contributed by atoms with E-state index in [1.54, 1.807) is 6.08 Å². The Bertz CT molecular complexity index is 718. The molecule has 138 valence electrons. The van der Waals surface area contributed by atoms with Gasteiger partial charge in [-0.05, 0) is 24.1 Å². The van der Waals surface area contributed by atoms with Gasteiger partial charge in [0.2, 0.25) is 0 Å². The maximum absolute atomic E-state index is 12.9. The Hall–Kier alpha value is -2.60. The number of imide groups is 1. The number of morpholine rings is 1. The minimum absolute atomic E-state index is 0.201. The smallest absolute Gasteiger partial charge is 0.278 e. The number of carbonyl (C=O) groups is 2. The van der Waals surface area contributed by atoms with E-state index in [1.807, 2.05) is 36.1 Å². The maximum Gasteiger partial charge on any atom is 0.278 e. The second-order valence-electron chi connectivity index (χ2n) is 6.21. The van der Waals surface area contributed by atoms with Crippen LogP contribution in [0.5, 0.6) is 5.75 Å². The molecule has 0 unspecified atom stereocenters. The number of hydrogen-bond acceptors (Lipinski definition) is 5. The molecule has 1 aromatic rings. The number of ether oxygens (including phenoxy) is 2. The summed E-state index contributed by atoms with van der Waals surface area (Å²) in [5, 5.41) is 0. The number of nitrogens with zero attached hydrogens (tertiary/aromatic N) is 2. The van der Waals surface area contributed by atoms with Gasteiger partial charge in [0.1, 0.15) is 11.4 Å². The lowest BCUT2D eigenvalue weighted by molar-refractivity contribution is -0.137. The first kappa shape index (κ1) is 18.2. The molecule has 6 nitrogen and oxygen atoms in total. The van der Waals surface area contributed by atoms with Crippen molar-refractivity contribution in [2.24, 2.45) is 0 Å². The molecule has 2 heterocycles. The molecule has 0 bridgehead atoms. The fourth-order valence-electron chi connectivity index (χ4n) is 3.14. The summed E-state index contributed by atoms with van der Waals surface area (Å²) < 4.78 is 11.0. The zero-order chi connectivity index (χ0) is 18.5. The second-order valence-corrected chi connectivity index (χ2v) is 6.21. The highest BCUT2D eigenvalue weighted by atomic mass is 16.5. The molecular formula is C20H24N2O4. The number of carbonyl (C=O) groups excluding carboxylic acids is 2. The molecule has 6 heteroatoms. The lowest BCUT2D eigenvalue weighted by atomic mass is 10.0. The number of hydrogen-bond donors (Lipinski definition) is 0. The van der Waals surface area contributed by atoms with Crippen molar-refractivity contribution in [2.45, 2.75) is 13.3 Å². The second kappa shape index (κ2) is 8.19. The zero-order valence-corrected chi connectivity index (χ0v) is 15.1. The van der Waals surface area contributed by atoms with Gasteiger partial charge in [-0.15, -0.1) is 6.58 Å². The van der Waals surface area contributed by atoms with Crippen LogP contribution in [0.25, 0.3) is 5.57 Å². The summed E-state index contributed by atoms with van der Waals surface area (Å²) in [6.45, 7) is 8.83. The number of rotatable bonds is 7. The fourth-order valence-corrected chi connectivity index (χ4v) is 3.14. The SMILES string of the molecule is C=CCN1C(=O)C(c2ccc(OCCC)cc2)=C(N2CCOCC2)C1=O. The first-order valence-electron chi connectivity index (χ1n) is 8.94. The van der Waals surface area contributed by atoms with Crippen molar-refractivity contribution < 1.29 is 19.1 Å². The molecule has 1 fully saturated rings. The Morgan fingerprint density at radius 1 is 1.15 bits per heavy atom. The van der Waals surface area contributed by atoms with Gasteiger partial charge in [-0.25, -0.2) is 0 Å². The Morgan fingerprint density at radius 2 is 1.85 bits per heavy atom. The highest BCUT2D eigenvalue weighted by Gasteiger charge is 2.41. The molecule has 3 rings (SSSR count). The first-order valence-corrected chi connectivity index (χ1v) is 8.94. The van der Waals surface area contributed by atoms with Gasteiger partial charge in [0.05, 0.1) is 25.4 Å². The Kier molecular flexibility index (Phi) is 5.73. The van der Waals surface area contributed by atoms with Gasteiger partial charge in [-0.2, -0.15) is 0 Å². The highest BCUT2D eigenvalue weighted by Crippen LogP contribution is 2.32. The summed E-state index contributed by atoms with van der Waals surface area (Å²) in [7, 11) is 0. The van der Waals surface area contributed by atoms with Crippen molar-refractivity contribution in [1.82, 2.24) is 9.80 Å². The third-order valence-corrected chi connectivity index (χ3v) is 4.40. The summed E-state index contributed by atoms with van der Waals surface area (Å²) in [5.41, 5.74) is 1.63. The lowest BCUT2D eigenvalue weighted by Crippen LogP contribution is -2.40. The maximum atomic E-state index is 12.9. The van der Waals surface area contributed by atoms with Crippen LogP contribution in [0.3, 0.4) is 0 Å². The standard InChI is InChI=1S/C20H24N2O4/c1-3-9-22-19(23)17(15-5-7-16(8-6-15)26-12-4-2)18(20(22)24)21-10-13-25-14-11-21/h3,5-8H,1,4,9-14H2,2H3. The molecule has 2 aliphatic rings. The van der Waals surface area contributed by atoms with Crippen molar-refractivity contribution in [2.75, 3.05) is 39.5 Å². The van der Waals surface area contributed by atoms with Crippen LogP contribution in [0, 0.1) is 0 Å². The molecule has 0 saturated carbocycles. The zero-order valence-electron chi connectivity index (χ0n) is 15.1. The van der Waals surface area contributed by atoms with Gasteiger partial charge in [0.15, 0.2) is 0 Å². The Balaban J connectivity index is 1.97. The third kappa shape index (κ3) is 3.51. The van der Waals surface area contributed by atoms with E-state index in [4.69, 9.17) is 9.47 Å². The molecule has 0 N–H and O–H groups in total. The van der Waals surface area contributed by atoms with Crippen LogP contribution in [0.1, 0.15) is 18.9 Å². The lowest BCUT2D eigenvalue weighted by Gasteiger charge is -2.29. The van der Waals surface area contributed by atoms with Crippen LogP contribution >= 0.6 is 0 Å². The summed E-state index contributed by atoms with van der Waals surface area (Å²) in [6.07, 6.45) is 2.49. The summed E-state index contributed by atoms with van der Waals surface area (Å²) in [6, 6.07) is 7.35. The van der Waals surface area contributed by atoms with Crippen LogP contribution in [-0.4, -0.2) is 61.1 Å². The molecule has 1 saturated heterocycles. The number of benzene rings is 1. The summed E-state index contributed by atoms with van der Waals surface area (Å²) >= 11 is 0. The molecule has 1 aromatic carbocycles. The monoisotopic (exact) mass is 356 g/mol. The van der Waals surface area contributed by atoms with Crippen molar-refractivity contribution in [3.05, 3.63) is 48.2 Å². The fraction of sp³-hybridized carbons (Fsp3) is 0.400. The normalized spacial score (nSPS) is 17.9. The average molecular weight is 356 g/mol. The molecule has 26 heavy (non-hydrogen) atoms. The van der Waals surface area contributed by atoms with E-state index in [0.29, 0.717) is 44.2 Å². The topological polar surface area (TPSA) is 59.1 Å². The molecule has 0 atom stereocenters. The van der Waals surface area contributed by atoms with Crippen LogP contribution in [0.15, 0.2) is 42.6 Å². The van der Waals surface area contributed by atoms with E-state index >= 15 is 0 Å². The molecular weight excluding hydrogens is 332 g/mol. The Labute approximate surface area is 153 Å². The van der Waals surface area contributed by atoms with E-state index < -0.39 is 0 Å². The van der Waals surface area contributed by atoms with Crippen molar-refractivity contribution in [1.29, 1.82) is 0 Å². The quantitative estimate of drug-likeness (QED) is 0.553. The van der Waals surface area contributed by atoms with Gasteiger partial charge < -0.3 is 14.4 Å². The van der Waals surface area contributed by atoms with Gasteiger partial charge in [-0.1, -0.05) is 25.1 Å². The van der Waals surface area contributed by atoms with E-state index in [0.717, 1.165) is 17.7 Å². The molecule has 0 radical (unpaired) electrons. The van der Waals surface area contributed by atoms with Crippen LogP contribution in [0.2, 0.25) is 0 Å². The van der Waals surface area contributed by atoms with Crippen LogP contribution < -0.4 is 4.74 Å². The molecule has 0 aliphatic carbocycles. The van der Waals surface area contributed by atoms with Gasteiger partial charge >= 0.3 is 0 Å². The number of amides is 2. The molecule has 2 amide bonds. The molecule has 0 spiro atoms. The van der Waals surface area contributed by atoms with Crippen LogP contribution in [-0.2, 0) is 14.3 Å². The van der Waals surface area contributed by atoms with E-state index in [9.17, 15) is 9.59 Å². The van der Waals surface area contributed by atoms with Crippen LogP contribution in [0.4, 0.5) is 0 Å². The molecule has 0 aromatic heterocycles.